The Kier molecular flexibility index (Phi) is 4.28. The van der Waals surface area contributed by atoms with E-state index in [0.29, 0.717) is 6.04 Å². The predicted molar refractivity (Wildman–Crippen MR) is 100 cm³/mol. The van der Waals surface area contributed by atoms with Crippen molar-refractivity contribution >= 4 is 10.9 Å². The number of hydrogen-bond donors (Lipinski definition) is 1. The molecule has 0 radical (unpaired) electrons. The lowest BCUT2D eigenvalue weighted by Gasteiger charge is -2.16. The van der Waals surface area contributed by atoms with E-state index >= 15 is 0 Å². The van der Waals surface area contributed by atoms with Crippen molar-refractivity contribution in [3.05, 3.63) is 54.6 Å². The Hall–Kier alpha value is -2.59. The van der Waals surface area contributed by atoms with Crippen LogP contribution in [0, 0.1) is 0 Å². The average molecular weight is 334 g/mol. The van der Waals surface area contributed by atoms with Gasteiger partial charge in [-0.2, -0.15) is 0 Å². The van der Waals surface area contributed by atoms with E-state index < -0.39 is 0 Å². The Morgan fingerprint density at radius 1 is 1.08 bits per heavy atom. The van der Waals surface area contributed by atoms with Crippen molar-refractivity contribution in [2.24, 2.45) is 0 Å². The fourth-order valence-corrected chi connectivity index (χ4v) is 3.32. The summed E-state index contributed by atoms with van der Waals surface area (Å²) in [4.78, 5) is 4.83. The second-order valence-corrected chi connectivity index (χ2v) is 6.54. The molecule has 1 fully saturated rings. The number of methoxy groups -OCH3 is 1. The predicted octanol–water partition coefficient (Wildman–Crippen LogP) is 4.04. The average Bonchev–Trinajstić information content (AvgIpc) is 3.06. The molecule has 4 rings (SSSR count). The lowest BCUT2D eigenvalue weighted by molar-refractivity contribution is 0.223. The van der Waals surface area contributed by atoms with Crippen LogP contribution in [-0.2, 0) is 0 Å². The maximum absolute atomic E-state index is 6.35. The minimum atomic E-state index is 0.186. The summed E-state index contributed by atoms with van der Waals surface area (Å²) in [6, 6.07) is 18.7. The van der Waals surface area contributed by atoms with Crippen molar-refractivity contribution in [2.75, 3.05) is 13.7 Å². The van der Waals surface area contributed by atoms with Crippen LogP contribution in [0.25, 0.3) is 22.2 Å². The van der Waals surface area contributed by atoms with E-state index in [4.69, 9.17) is 14.5 Å². The van der Waals surface area contributed by atoms with Crippen molar-refractivity contribution in [2.45, 2.75) is 25.5 Å². The second kappa shape index (κ2) is 6.73. The Morgan fingerprint density at radius 3 is 2.64 bits per heavy atom. The fraction of sp³-hybridized carbons (Fsp3) is 0.286. The fourth-order valence-electron chi connectivity index (χ4n) is 3.32. The number of pyridine rings is 1. The molecule has 0 bridgehead atoms. The van der Waals surface area contributed by atoms with Crippen molar-refractivity contribution in [1.82, 2.24) is 10.3 Å². The van der Waals surface area contributed by atoms with Crippen LogP contribution in [0.1, 0.15) is 13.3 Å². The number of nitrogens with one attached hydrogen (secondary N) is 1. The molecule has 0 saturated carbocycles. The lowest BCUT2D eigenvalue weighted by atomic mass is 10.1. The minimum absolute atomic E-state index is 0.186. The van der Waals surface area contributed by atoms with E-state index in [-0.39, 0.29) is 6.10 Å². The molecule has 25 heavy (non-hydrogen) atoms. The number of hydrogen-bond acceptors (Lipinski definition) is 4. The summed E-state index contributed by atoms with van der Waals surface area (Å²) in [5.74, 6) is 1.68. The number of aromatic nitrogens is 1. The molecule has 0 unspecified atom stereocenters. The van der Waals surface area contributed by atoms with Crippen LogP contribution in [0.4, 0.5) is 0 Å². The van der Waals surface area contributed by atoms with Gasteiger partial charge in [0.2, 0.25) is 0 Å². The maximum Gasteiger partial charge on any atom is 0.131 e. The van der Waals surface area contributed by atoms with E-state index in [2.05, 4.69) is 24.4 Å². The zero-order chi connectivity index (χ0) is 17.2. The Morgan fingerprint density at radius 2 is 1.92 bits per heavy atom. The van der Waals surface area contributed by atoms with Gasteiger partial charge in [-0.25, -0.2) is 4.98 Å². The summed E-state index contributed by atoms with van der Waals surface area (Å²) >= 11 is 0. The summed E-state index contributed by atoms with van der Waals surface area (Å²) in [7, 11) is 1.67. The molecule has 1 saturated heterocycles. The van der Waals surface area contributed by atoms with E-state index in [1.165, 1.54) is 0 Å². The number of benzene rings is 2. The molecule has 2 aromatic carbocycles. The molecule has 128 valence electrons. The SMILES string of the molecule is COc1ccc2c(O[C@H]3CN[C@H](C)C3)cc(-c3ccccc3)nc2c1. The van der Waals surface area contributed by atoms with Crippen LogP contribution in [-0.4, -0.2) is 30.8 Å². The molecule has 2 atom stereocenters. The topological polar surface area (TPSA) is 43.4 Å². The van der Waals surface area contributed by atoms with Crippen LogP contribution in [0.15, 0.2) is 54.6 Å². The van der Waals surface area contributed by atoms with Gasteiger partial charge in [-0.15, -0.1) is 0 Å². The number of ether oxygens (including phenoxy) is 2. The molecule has 0 aliphatic carbocycles. The number of fused-ring (bicyclic) bond motifs is 1. The molecule has 3 aromatic rings. The van der Waals surface area contributed by atoms with E-state index in [1.54, 1.807) is 7.11 Å². The highest BCUT2D eigenvalue weighted by atomic mass is 16.5. The van der Waals surface area contributed by atoms with Gasteiger partial charge in [0.05, 0.1) is 18.3 Å². The second-order valence-electron chi connectivity index (χ2n) is 6.54. The van der Waals surface area contributed by atoms with Gasteiger partial charge in [-0.05, 0) is 19.1 Å². The highest BCUT2D eigenvalue weighted by Crippen LogP contribution is 2.33. The zero-order valence-corrected chi connectivity index (χ0v) is 14.5. The highest BCUT2D eigenvalue weighted by molar-refractivity contribution is 5.89. The summed E-state index contributed by atoms with van der Waals surface area (Å²) in [5, 5.41) is 4.46. The van der Waals surface area contributed by atoms with E-state index in [0.717, 1.165) is 46.6 Å². The molecule has 0 spiro atoms. The summed E-state index contributed by atoms with van der Waals surface area (Å²) < 4.78 is 11.7. The van der Waals surface area contributed by atoms with Crippen LogP contribution in [0.2, 0.25) is 0 Å². The molecular formula is C21H22N2O2. The van der Waals surface area contributed by atoms with Crippen LogP contribution in [0.5, 0.6) is 11.5 Å². The van der Waals surface area contributed by atoms with Gasteiger partial charge >= 0.3 is 0 Å². The largest absolute Gasteiger partial charge is 0.497 e. The quantitative estimate of drug-likeness (QED) is 0.782. The first-order chi connectivity index (χ1) is 12.2. The third-order valence-corrected chi connectivity index (χ3v) is 4.65. The molecule has 4 heteroatoms. The van der Waals surface area contributed by atoms with Gasteiger partial charge in [-0.3, -0.25) is 0 Å². The smallest absolute Gasteiger partial charge is 0.131 e. The first kappa shape index (κ1) is 15.9. The van der Waals surface area contributed by atoms with Crippen molar-refractivity contribution < 1.29 is 9.47 Å². The zero-order valence-electron chi connectivity index (χ0n) is 14.5. The highest BCUT2D eigenvalue weighted by Gasteiger charge is 2.23. The minimum Gasteiger partial charge on any atom is -0.497 e. The van der Waals surface area contributed by atoms with Gasteiger partial charge in [-0.1, -0.05) is 30.3 Å². The first-order valence-corrected chi connectivity index (χ1v) is 8.67. The summed E-state index contributed by atoms with van der Waals surface area (Å²) in [5.41, 5.74) is 2.88. The first-order valence-electron chi connectivity index (χ1n) is 8.67. The normalized spacial score (nSPS) is 19.9. The molecule has 4 nitrogen and oxygen atoms in total. The monoisotopic (exact) mass is 334 g/mol. The van der Waals surface area contributed by atoms with E-state index in [1.807, 2.05) is 42.5 Å². The standard InChI is InChI=1S/C21H22N2O2/c1-14-10-17(13-22-14)25-21-12-19(15-6-4-3-5-7-15)23-20-11-16(24-2)8-9-18(20)21/h3-9,11-12,14,17,22H,10,13H2,1-2H3/t14-,17-/m1/s1. The molecule has 1 aromatic heterocycles. The van der Waals surface area contributed by atoms with Gasteiger partial charge in [0, 0.05) is 42.1 Å². The van der Waals surface area contributed by atoms with Crippen molar-refractivity contribution in [1.29, 1.82) is 0 Å². The summed E-state index contributed by atoms with van der Waals surface area (Å²) in [6.45, 7) is 3.07. The molecule has 1 aliphatic heterocycles. The van der Waals surface area contributed by atoms with Crippen molar-refractivity contribution in [3.63, 3.8) is 0 Å². The third kappa shape index (κ3) is 3.30. The van der Waals surface area contributed by atoms with Gasteiger partial charge in [0.25, 0.3) is 0 Å². The molecule has 1 N–H and O–H groups in total. The van der Waals surface area contributed by atoms with Crippen LogP contribution >= 0.6 is 0 Å². The van der Waals surface area contributed by atoms with Crippen molar-refractivity contribution in [3.8, 4) is 22.8 Å². The van der Waals surface area contributed by atoms with E-state index in [9.17, 15) is 0 Å². The number of nitrogens with zero attached hydrogens (tertiary/aromatic N) is 1. The van der Waals surface area contributed by atoms with Crippen LogP contribution < -0.4 is 14.8 Å². The lowest BCUT2D eigenvalue weighted by Crippen LogP contribution is -2.20. The summed E-state index contributed by atoms with van der Waals surface area (Å²) in [6.07, 6.45) is 1.20. The maximum atomic E-state index is 6.35. The Balaban J connectivity index is 1.80. The Labute approximate surface area is 147 Å². The Bertz CT molecular complexity index is 880. The molecule has 1 aliphatic rings. The molecule has 0 amide bonds. The van der Waals surface area contributed by atoms with Gasteiger partial charge in [0.15, 0.2) is 0 Å². The number of rotatable bonds is 4. The third-order valence-electron chi connectivity index (χ3n) is 4.65. The van der Waals surface area contributed by atoms with Crippen LogP contribution in [0.3, 0.4) is 0 Å². The molecule has 2 heterocycles. The van der Waals surface area contributed by atoms with Gasteiger partial charge < -0.3 is 14.8 Å². The molecular weight excluding hydrogens is 312 g/mol. The van der Waals surface area contributed by atoms with Gasteiger partial charge in [0.1, 0.15) is 17.6 Å².